The Hall–Kier alpha value is -3.41. The van der Waals surface area contributed by atoms with Gasteiger partial charge in [0.2, 0.25) is 5.91 Å². The highest BCUT2D eigenvalue weighted by molar-refractivity contribution is 6.00. The summed E-state index contributed by atoms with van der Waals surface area (Å²) in [5.74, 6) is -1.04. The molecule has 0 fully saturated rings. The topological polar surface area (TPSA) is 70.2 Å². The van der Waals surface area contributed by atoms with Gasteiger partial charge in [0.25, 0.3) is 0 Å². The molecule has 0 aliphatic carbocycles. The van der Waals surface area contributed by atoms with Crippen molar-refractivity contribution < 1.29 is 14.0 Å². The maximum atomic E-state index is 13.7. The quantitative estimate of drug-likeness (QED) is 0.598. The predicted molar refractivity (Wildman–Crippen MR) is 110 cm³/mol. The highest BCUT2D eigenvalue weighted by Crippen LogP contribution is 2.19. The Morgan fingerprint density at radius 3 is 2.25 bits per heavy atom. The SMILES string of the molecule is CC(C)C(NC(=O)Nc1ccccc1F)C(=O)Nc1ccc2ccccc2c1. The van der Waals surface area contributed by atoms with Crippen molar-refractivity contribution in [2.45, 2.75) is 19.9 Å². The van der Waals surface area contributed by atoms with Gasteiger partial charge in [0, 0.05) is 5.69 Å². The van der Waals surface area contributed by atoms with Crippen LogP contribution in [0.4, 0.5) is 20.6 Å². The van der Waals surface area contributed by atoms with Gasteiger partial charge in [-0.15, -0.1) is 0 Å². The van der Waals surface area contributed by atoms with Gasteiger partial charge in [0.1, 0.15) is 11.9 Å². The van der Waals surface area contributed by atoms with Crippen molar-refractivity contribution >= 4 is 34.1 Å². The fraction of sp³-hybridized carbons (Fsp3) is 0.182. The van der Waals surface area contributed by atoms with Crippen LogP contribution >= 0.6 is 0 Å². The van der Waals surface area contributed by atoms with E-state index in [-0.39, 0.29) is 17.5 Å². The van der Waals surface area contributed by atoms with Gasteiger partial charge in [-0.2, -0.15) is 0 Å². The van der Waals surface area contributed by atoms with E-state index in [0.29, 0.717) is 5.69 Å². The number of carbonyl (C=O) groups is 2. The zero-order valence-corrected chi connectivity index (χ0v) is 15.7. The monoisotopic (exact) mass is 379 g/mol. The van der Waals surface area contributed by atoms with Gasteiger partial charge in [-0.25, -0.2) is 9.18 Å². The molecule has 0 radical (unpaired) electrons. The van der Waals surface area contributed by atoms with Crippen LogP contribution in [-0.4, -0.2) is 18.0 Å². The van der Waals surface area contributed by atoms with E-state index < -0.39 is 17.9 Å². The van der Waals surface area contributed by atoms with E-state index in [9.17, 15) is 14.0 Å². The number of rotatable bonds is 5. The average molecular weight is 379 g/mol. The molecule has 3 rings (SSSR count). The Balaban J connectivity index is 1.69. The summed E-state index contributed by atoms with van der Waals surface area (Å²) in [5.41, 5.74) is 0.697. The molecule has 0 bridgehead atoms. The van der Waals surface area contributed by atoms with E-state index in [1.165, 1.54) is 18.2 Å². The summed E-state index contributed by atoms with van der Waals surface area (Å²) in [6.07, 6.45) is 0. The molecular weight excluding hydrogens is 357 g/mol. The summed E-state index contributed by atoms with van der Waals surface area (Å²) in [7, 11) is 0. The van der Waals surface area contributed by atoms with Crippen LogP contribution in [0.5, 0.6) is 0 Å². The van der Waals surface area contributed by atoms with E-state index in [2.05, 4.69) is 16.0 Å². The first kappa shape index (κ1) is 19.4. The second-order valence-corrected chi connectivity index (χ2v) is 6.85. The number of nitrogens with one attached hydrogen (secondary N) is 3. The molecule has 1 atom stereocenters. The number of para-hydroxylation sites is 1. The van der Waals surface area contributed by atoms with Crippen LogP contribution in [0.25, 0.3) is 10.8 Å². The van der Waals surface area contributed by atoms with Crippen LogP contribution in [0, 0.1) is 11.7 Å². The first-order valence-corrected chi connectivity index (χ1v) is 9.06. The molecule has 3 aromatic rings. The van der Waals surface area contributed by atoms with E-state index in [4.69, 9.17) is 0 Å². The number of urea groups is 1. The van der Waals surface area contributed by atoms with Crippen molar-refractivity contribution in [1.29, 1.82) is 0 Å². The molecule has 3 amide bonds. The van der Waals surface area contributed by atoms with Gasteiger partial charge in [-0.3, -0.25) is 4.79 Å². The maximum absolute atomic E-state index is 13.7. The standard InChI is InChI=1S/C22H22FN3O2/c1-14(2)20(26-22(28)25-19-10-6-5-9-18(19)23)21(27)24-17-12-11-15-7-3-4-8-16(15)13-17/h3-14,20H,1-2H3,(H,24,27)(H2,25,26,28). The van der Waals surface area contributed by atoms with Crippen molar-refractivity contribution in [3.63, 3.8) is 0 Å². The van der Waals surface area contributed by atoms with Crippen LogP contribution in [-0.2, 0) is 4.79 Å². The number of amides is 3. The Kier molecular flexibility index (Phi) is 5.89. The van der Waals surface area contributed by atoms with E-state index in [1.54, 1.807) is 6.07 Å². The molecule has 28 heavy (non-hydrogen) atoms. The molecule has 5 nitrogen and oxygen atoms in total. The molecule has 0 saturated carbocycles. The fourth-order valence-electron chi connectivity index (χ4n) is 2.88. The predicted octanol–water partition coefficient (Wildman–Crippen LogP) is 4.76. The summed E-state index contributed by atoms with van der Waals surface area (Å²) in [4.78, 5) is 25.0. The zero-order valence-electron chi connectivity index (χ0n) is 15.7. The van der Waals surface area contributed by atoms with Gasteiger partial charge in [0.15, 0.2) is 0 Å². The summed E-state index contributed by atoms with van der Waals surface area (Å²) in [6, 6.07) is 17.9. The fourth-order valence-corrected chi connectivity index (χ4v) is 2.88. The highest BCUT2D eigenvalue weighted by Gasteiger charge is 2.24. The third-order valence-electron chi connectivity index (χ3n) is 4.37. The first-order valence-electron chi connectivity index (χ1n) is 9.06. The Labute approximate surface area is 162 Å². The van der Waals surface area contributed by atoms with Crippen LogP contribution in [0.15, 0.2) is 66.7 Å². The van der Waals surface area contributed by atoms with Gasteiger partial charge in [-0.05, 0) is 41.0 Å². The number of hydrogen-bond acceptors (Lipinski definition) is 2. The first-order chi connectivity index (χ1) is 13.4. The number of benzene rings is 3. The summed E-state index contributed by atoms with van der Waals surface area (Å²) < 4.78 is 13.7. The molecule has 3 aromatic carbocycles. The minimum Gasteiger partial charge on any atom is -0.326 e. The van der Waals surface area contributed by atoms with Crippen LogP contribution < -0.4 is 16.0 Å². The van der Waals surface area contributed by atoms with Crippen molar-refractivity contribution in [3.05, 3.63) is 72.5 Å². The minimum absolute atomic E-state index is 0.0532. The molecule has 0 saturated heterocycles. The normalized spacial score (nSPS) is 11.9. The number of anilines is 2. The van der Waals surface area contributed by atoms with Crippen LogP contribution in [0.2, 0.25) is 0 Å². The third-order valence-corrected chi connectivity index (χ3v) is 4.37. The lowest BCUT2D eigenvalue weighted by molar-refractivity contribution is -0.118. The van der Waals surface area contributed by atoms with Gasteiger partial charge in [-0.1, -0.05) is 56.3 Å². The lowest BCUT2D eigenvalue weighted by Gasteiger charge is -2.22. The largest absolute Gasteiger partial charge is 0.326 e. The second kappa shape index (κ2) is 8.52. The maximum Gasteiger partial charge on any atom is 0.319 e. The number of fused-ring (bicyclic) bond motifs is 1. The Bertz CT molecular complexity index is 1000. The van der Waals surface area contributed by atoms with Crippen molar-refractivity contribution in [2.75, 3.05) is 10.6 Å². The molecule has 1 unspecified atom stereocenters. The molecule has 0 aromatic heterocycles. The zero-order chi connectivity index (χ0) is 20.1. The van der Waals surface area contributed by atoms with Gasteiger partial charge in [0.05, 0.1) is 5.69 Å². The number of hydrogen-bond donors (Lipinski definition) is 3. The van der Waals surface area contributed by atoms with E-state index in [0.717, 1.165) is 10.8 Å². The molecular formula is C22H22FN3O2. The smallest absolute Gasteiger partial charge is 0.319 e. The van der Waals surface area contributed by atoms with Crippen molar-refractivity contribution in [1.82, 2.24) is 5.32 Å². The molecule has 0 spiro atoms. The molecule has 3 N–H and O–H groups in total. The number of carbonyl (C=O) groups excluding carboxylic acids is 2. The molecule has 144 valence electrons. The summed E-state index contributed by atoms with van der Waals surface area (Å²) in [6.45, 7) is 3.65. The lowest BCUT2D eigenvalue weighted by atomic mass is 10.0. The van der Waals surface area contributed by atoms with Crippen LogP contribution in [0.3, 0.4) is 0 Å². The third kappa shape index (κ3) is 4.65. The summed E-state index contributed by atoms with van der Waals surface area (Å²) in [5, 5.41) is 9.97. The molecule has 0 heterocycles. The van der Waals surface area contributed by atoms with Crippen molar-refractivity contribution in [3.8, 4) is 0 Å². The Morgan fingerprint density at radius 2 is 1.54 bits per heavy atom. The minimum atomic E-state index is -0.779. The van der Waals surface area contributed by atoms with Gasteiger partial charge >= 0.3 is 6.03 Å². The lowest BCUT2D eigenvalue weighted by Crippen LogP contribution is -2.48. The highest BCUT2D eigenvalue weighted by atomic mass is 19.1. The number of halogens is 1. The summed E-state index contributed by atoms with van der Waals surface area (Å²) >= 11 is 0. The van der Waals surface area contributed by atoms with Crippen LogP contribution in [0.1, 0.15) is 13.8 Å². The van der Waals surface area contributed by atoms with E-state index >= 15 is 0 Å². The Morgan fingerprint density at radius 1 is 0.857 bits per heavy atom. The molecule has 0 aliphatic heterocycles. The molecule has 0 aliphatic rings. The average Bonchev–Trinajstić information content (AvgIpc) is 2.67. The van der Waals surface area contributed by atoms with Crippen molar-refractivity contribution in [2.24, 2.45) is 5.92 Å². The second-order valence-electron chi connectivity index (χ2n) is 6.85. The molecule has 6 heteroatoms. The van der Waals surface area contributed by atoms with Gasteiger partial charge < -0.3 is 16.0 Å². The van der Waals surface area contributed by atoms with E-state index in [1.807, 2.05) is 56.3 Å².